The van der Waals surface area contributed by atoms with Gasteiger partial charge >= 0.3 is 6.18 Å². The van der Waals surface area contributed by atoms with E-state index in [1.165, 1.54) is 0 Å². The predicted molar refractivity (Wildman–Crippen MR) is 59.6 cm³/mol. The maximum absolute atomic E-state index is 12.5. The molecule has 2 rings (SSSR count). The highest BCUT2D eigenvalue weighted by Crippen LogP contribution is 2.35. The van der Waals surface area contributed by atoms with Crippen LogP contribution in [0.5, 0.6) is 0 Å². The van der Waals surface area contributed by atoms with Crippen LogP contribution in [0.2, 0.25) is 0 Å². The largest absolute Gasteiger partial charge is 0.391 e. The van der Waals surface area contributed by atoms with E-state index in [2.05, 4.69) is 4.98 Å². The Morgan fingerprint density at radius 3 is 2.47 bits per heavy atom. The molecule has 1 aliphatic heterocycles. The van der Waals surface area contributed by atoms with E-state index in [1.54, 1.807) is 18.3 Å². The summed E-state index contributed by atoms with van der Waals surface area (Å²) in [7, 11) is 0. The summed E-state index contributed by atoms with van der Waals surface area (Å²) in [5, 5.41) is 0. The Morgan fingerprint density at radius 2 is 1.94 bits per heavy atom. The van der Waals surface area contributed by atoms with Crippen LogP contribution in [-0.4, -0.2) is 24.2 Å². The Bertz CT molecular complexity index is 384. The summed E-state index contributed by atoms with van der Waals surface area (Å²) in [6.07, 6.45) is -2.26. The van der Waals surface area contributed by atoms with E-state index in [0.717, 1.165) is 5.69 Å². The molecule has 1 aromatic heterocycles. The van der Waals surface area contributed by atoms with Gasteiger partial charge in [0.25, 0.3) is 0 Å². The molecule has 0 unspecified atom stereocenters. The second kappa shape index (κ2) is 4.43. The van der Waals surface area contributed by atoms with Crippen molar-refractivity contribution in [2.24, 2.45) is 5.92 Å². The number of anilines is 2. The molecule has 0 aliphatic carbocycles. The summed E-state index contributed by atoms with van der Waals surface area (Å²) in [5.41, 5.74) is 6.43. The van der Waals surface area contributed by atoms with Crippen molar-refractivity contribution < 1.29 is 13.2 Å². The number of nitrogens with zero attached hydrogens (tertiary/aromatic N) is 2. The minimum Gasteiger partial charge on any atom is -0.382 e. The van der Waals surface area contributed by atoms with Crippen LogP contribution in [0.3, 0.4) is 0 Å². The zero-order chi connectivity index (χ0) is 12.5. The summed E-state index contributed by atoms with van der Waals surface area (Å²) in [5.74, 6) is -0.811. The lowest BCUT2D eigenvalue weighted by atomic mass is 9.96. The zero-order valence-electron chi connectivity index (χ0n) is 9.24. The molecule has 17 heavy (non-hydrogen) atoms. The molecule has 2 heterocycles. The molecule has 1 aromatic rings. The van der Waals surface area contributed by atoms with E-state index in [1.807, 2.05) is 4.90 Å². The molecule has 1 aliphatic rings. The van der Waals surface area contributed by atoms with E-state index in [0.29, 0.717) is 18.9 Å². The van der Waals surface area contributed by atoms with E-state index >= 15 is 0 Å². The second-order valence-electron chi connectivity index (χ2n) is 4.21. The standard InChI is InChI=1S/C11H14F3N3/c12-11(13,14)8-3-6-17(7-4-8)9-2-1-5-16-10(9)15/h1-2,5,8H,3-4,6-7H2,(H2,15,16). The van der Waals surface area contributed by atoms with Crippen LogP contribution in [0.15, 0.2) is 18.3 Å². The van der Waals surface area contributed by atoms with Gasteiger partial charge in [0.2, 0.25) is 0 Å². The summed E-state index contributed by atoms with van der Waals surface area (Å²) in [6, 6.07) is 3.53. The van der Waals surface area contributed by atoms with Gasteiger partial charge in [0.15, 0.2) is 0 Å². The number of piperidine rings is 1. The van der Waals surface area contributed by atoms with Gasteiger partial charge in [0.05, 0.1) is 11.6 Å². The molecule has 0 bridgehead atoms. The molecule has 0 spiro atoms. The SMILES string of the molecule is Nc1ncccc1N1CCC(C(F)(F)F)CC1. The fourth-order valence-electron chi connectivity index (χ4n) is 2.12. The number of nitrogens with two attached hydrogens (primary N) is 1. The zero-order valence-corrected chi connectivity index (χ0v) is 9.24. The van der Waals surface area contributed by atoms with Crippen molar-refractivity contribution in [3.63, 3.8) is 0 Å². The van der Waals surface area contributed by atoms with Crippen molar-refractivity contribution in [2.45, 2.75) is 19.0 Å². The number of hydrogen-bond acceptors (Lipinski definition) is 3. The number of alkyl halides is 3. The maximum atomic E-state index is 12.5. The van der Waals surface area contributed by atoms with Gasteiger partial charge in [-0.15, -0.1) is 0 Å². The van der Waals surface area contributed by atoms with E-state index in [-0.39, 0.29) is 12.8 Å². The van der Waals surface area contributed by atoms with Crippen molar-refractivity contribution in [1.82, 2.24) is 4.98 Å². The van der Waals surface area contributed by atoms with Gasteiger partial charge in [-0.05, 0) is 25.0 Å². The van der Waals surface area contributed by atoms with Crippen LogP contribution < -0.4 is 10.6 Å². The molecule has 1 fully saturated rings. The first-order chi connectivity index (χ1) is 7.98. The van der Waals surface area contributed by atoms with Crippen LogP contribution in [0, 0.1) is 5.92 Å². The summed E-state index contributed by atoms with van der Waals surface area (Å²) >= 11 is 0. The molecule has 6 heteroatoms. The molecule has 0 saturated carbocycles. The molecular formula is C11H14F3N3. The molecule has 3 nitrogen and oxygen atoms in total. The highest BCUT2D eigenvalue weighted by atomic mass is 19.4. The fraction of sp³-hybridized carbons (Fsp3) is 0.545. The maximum Gasteiger partial charge on any atom is 0.391 e. The first kappa shape index (κ1) is 12.0. The molecule has 94 valence electrons. The highest BCUT2D eigenvalue weighted by molar-refractivity contribution is 5.63. The third-order valence-electron chi connectivity index (χ3n) is 3.11. The quantitative estimate of drug-likeness (QED) is 0.826. The smallest absolute Gasteiger partial charge is 0.382 e. The van der Waals surface area contributed by atoms with E-state index in [4.69, 9.17) is 5.73 Å². The topological polar surface area (TPSA) is 42.1 Å². The Kier molecular flexibility index (Phi) is 3.13. The monoisotopic (exact) mass is 245 g/mol. The van der Waals surface area contributed by atoms with Gasteiger partial charge in [-0.2, -0.15) is 13.2 Å². The summed E-state index contributed by atoms with van der Waals surface area (Å²) in [4.78, 5) is 5.80. The minimum absolute atomic E-state index is 0.123. The van der Waals surface area contributed by atoms with E-state index < -0.39 is 12.1 Å². The van der Waals surface area contributed by atoms with Gasteiger partial charge in [0.1, 0.15) is 5.82 Å². The van der Waals surface area contributed by atoms with Crippen LogP contribution in [-0.2, 0) is 0 Å². The average Bonchev–Trinajstić information content (AvgIpc) is 2.29. The van der Waals surface area contributed by atoms with Gasteiger partial charge in [-0.25, -0.2) is 4.98 Å². The van der Waals surface area contributed by atoms with Crippen molar-refractivity contribution in [3.8, 4) is 0 Å². The Hall–Kier alpha value is -1.46. The molecule has 0 atom stereocenters. The van der Waals surface area contributed by atoms with Gasteiger partial charge in [0, 0.05) is 19.3 Å². The van der Waals surface area contributed by atoms with Crippen LogP contribution >= 0.6 is 0 Å². The number of hydrogen-bond donors (Lipinski definition) is 1. The Labute approximate surface area is 97.4 Å². The van der Waals surface area contributed by atoms with Gasteiger partial charge in [-0.1, -0.05) is 0 Å². The lowest BCUT2D eigenvalue weighted by Crippen LogP contribution is -2.39. The Morgan fingerprint density at radius 1 is 1.29 bits per heavy atom. The third kappa shape index (κ3) is 2.62. The molecule has 2 N–H and O–H groups in total. The lowest BCUT2D eigenvalue weighted by Gasteiger charge is -2.34. The van der Waals surface area contributed by atoms with Crippen LogP contribution in [0.4, 0.5) is 24.7 Å². The predicted octanol–water partition coefficient (Wildman–Crippen LogP) is 2.44. The minimum atomic E-state index is -4.08. The third-order valence-corrected chi connectivity index (χ3v) is 3.11. The first-order valence-corrected chi connectivity index (χ1v) is 5.50. The molecular weight excluding hydrogens is 231 g/mol. The summed E-state index contributed by atoms with van der Waals surface area (Å²) < 4.78 is 37.5. The summed E-state index contributed by atoms with van der Waals surface area (Å²) in [6.45, 7) is 0.750. The normalized spacial score (nSPS) is 18.4. The van der Waals surface area contributed by atoms with Crippen molar-refractivity contribution in [3.05, 3.63) is 18.3 Å². The second-order valence-corrected chi connectivity index (χ2v) is 4.21. The van der Waals surface area contributed by atoms with Gasteiger partial charge < -0.3 is 10.6 Å². The lowest BCUT2D eigenvalue weighted by molar-refractivity contribution is -0.179. The van der Waals surface area contributed by atoms with Gasteiger partial charge in [-0.3, -0.25) is 0 Å². The number of rotatable bonds is 1. The fourth-order valence-corrected chi connectivity index (χ4v) is 2.12. The number of nitrogen functional groups attached to an aromatic ring is 1. The molecule has 0 aromatic carbocycles. The van der Waals surface area contributed by atoms with Crippen LogP contribution in [0.1, 0.15) is 12.8 Å². The number of pyridine rings is 1. The Balaban J connectivity index is 2.03. The van der Waals surface area contributed by atoms with Crippen molar-refractivity contribution in [2.75, 3.05) is 23.7 Å². The molecule has 0 amide bonds. The first-order valence-electron chi connectivity index (χ1n) is 5.50. The van der Waals surface area contributed by atoms with Crippen molar-refractivity contribution >= 4 is 11.5 Å². The van der Waals surface area contributed by atoms with Crippen LogP contribution in [0.25, 0.3) is 0 Å². The molecule has 1 saturated heterocycles. The molecule has 0 radical (unpaired) electrons. The highest BCUT2D eigenvalue weighted by Gasteiger charge is 2.41. The number of aromatic nitrogens is 1. The average molecular weight is 245 g/mol. The van der Waals surface area contributed by atoms with E-state index in [9.17, 15) is 13.2 Å². The van der Waals surface area contributed by atoms with Crippen molar-refractivity contribution in [1.29, 1.82) is 0 Å². The number of halogens is 3.